The van der Waals surface area contributed by atoms with Gasteiger partial charge in [0.15, 0.2) is 0 Å². The van der Waals surface area contributed by atoms with Crippen LogP contribution in [-0.2, 0) is 20.9 Å². The fourth-order valence-corrected chi connectivity index (χ4v) is 4.54. The molecular weight excluding hydrogens is 491 g/mol. The number of nitrogens with one attached hydrogen (secondary N) is 2. The number of halogens is 2. The monoisotopic (exact) mass is 516 g/mol. The topological polar surface area (TPSA) is 104 Å². The number of nitrogens with zero attached hydrogens (tertiary/aromatic N) is 2. The van der Waals surface area contributed by atoms with Crippen LogP contribution >= 0.6 is 23.2 Å². The Balaban J connectivity index is 1.65. The number of ether oxygens (including phenoxy) is 1. The number of benzene rings is 2. The summed E-state index contributed by atoms with van der Waals surface area (Å²) in [6, 6.07) is 8.69. The van der Waals surface area contributed by atoms with Crippen molar-refractivity contribution in [2.24, 2.45) is 5.92 Å². The fourth-order valence-electron chi connectivity index (χ4n) is 4.05. The number of rotatable bonds is 6. The Morgan fingerprint density at radius 3 is 2.71 bits per heavy atom. The smallest absolute Gasteiger partial charge is 0.302 e. The average molecular weight is 517 g/mol. The molecule has 1 amide bonds. The summed E-state index contributed by atoms with van der Waals surface area (Å²) in [5, 5.41) is 4.12. The van der Waals surface area contributed by atoms with E-state index in [-0.39, 0.29) is 29.5 Å². The summed E-state index contributed by atoms with van der Waals surface area (Å²) in [6.45, 7) is 6.53. The normalized spacial score (nSPS) is 15.6. The first-order chi connectivity index (χ1) is 16.6. The van der Waals surface area contributed by atoms with Crippen LogP contribution < -0.4 is 15.8 Å². The number of aromatic amines is 1. The van der Waals surface area contributed by atoms with E-state index in [1.165, 1.54) is 6.92 Å². The van der Waals surface area contributed by atoms with Gasteiger partial charge in [-0.2, -0.15) is 0 Å². The molecule has 2 heterocycles. The van der Waals surface area contributed by atoms with Crippen LogP contribution in [0.4, 0.5) is 5.69 Å². The van der Waals surface area contributed by atoms with Crippen LogP contribution in [0.3, 0.4) is 0 Å². The van der Waals surface area contributed by atoms with Gasteiger partial charge in [0, 0.05) is 37.9 Å². The lowest BCUT2D eigenvalue weighted by Crippen LogP contribution is -2.27. The highest BCUT2D eigenvalue weighted by Gasteiger charge is 2.27. The third kappa shape index (κ3) is 5.60. The van der Waals surface area contributed by atoms with Gasteiger partial charge >= 0.3 is 5.97 Å². The Morgan fingerprint density at radius 1 is 1.23 bits per heavy atom. The van der Waals surface area contributed by atoms with Crippen LogP contribution in [-0.4, -0.2) is 41.0 Å². The number of carbonyl (C=O) groups excluding carboxylic acids is 2. The zero-order valence-corrected chi connectivity index (χ0v) is 21.2. The van der Waals surface area contributed by atoms with E-state index in [0.29, 0.717) is 64.1 Å². The summed E-state index contributed by atoms with van der Waals surface area (Å²) in [7, 11) is 0. The number of fused-ring (bicyclic) bond motifs is 1. The van der Waals surface area contributed by atoms with Crippen molar-refractivity contribution >= 4 is 51.7 Å². The highest BCUT2D eigenvalue weighted by molar-refractivity contribution is 6.34. The molecule has 0 unspecified atom stereocenters. The summed E-state index contributed by atoms with van der Waals surface area (Å²) in [6.07, 6.45) is 0.478. The molecule has 4 rings (SSSR count). The summed E-state index contributed by atoms with van der Waals surface area (Å²) < 4.78 is 5.30. The zero-order chi connectivity index (χ0) is 25.3. The molecule has 10 heteroatoms. The number of anilines is 1. The van der Waals surface area contributed by atoms with Crippen LogP contribution in [0.15, 0.2) is 35.1 Å². The molecule has 2 aromatic carbocycles. The number of H-pyrrole nitrogens is 1. The molecule has 1 aliphatic rings. The van der Waals surface area contributed by atoms with Crippen molar-refractivity contribution in [3.05, 3.63) is 56.3 Å². The Kier molecular flexibility index (Phi) is 7.33. The van der Waals surface area contributed by atoms with Crippen molar-refractivity contribution in [2.45, 2.75) is 39.8 Å². The second-order valence-electron chi connectivity index (χ2n) is 8.89. The summed E-state index contributed by atoms with van der Waals surface area (Å²) in [5.74, 6) is -0.187. The standard InChI is InChI=1S/C25H26Cl2N4O4/c1-13(2)24(33)28-11-15-4-5-19(26)17(8-15)23-29-21-10-20(27)22(9-18(21)25(34)30-23)31-7-6-16(12-31)35-14(3)32/h4-5,8-10,13,16H,6-7,11-12H2,1-3H3,(H,28,33)(H,29,30,34)/t16-/m0/s1. The number of hydrogen-bond donors (Lipinski definition) is 2. The average Bonchev–Trinajstić information content (AvgIpc) is 3.25. The molecule has 0 spiro atoms. The molecule has 35 heavy (non-hydrogen) atoms. The Labute approximate surface area is 212 Å². The highest BCUT2D eigenvalue weighted by Crippen LogP contribution is 2.33. The molecule has 1 atom stereocenters. The fraction of sp³-hybridized carbons (Fsp3) is 0.360. The van der Waals surface area contributed by atoms with Gasteiger partial charge in [-0.05, 0) is 29.8 Å². The summed E-state index contributed by atoms with van der Waals surface area (Å²) in [4.78, 5) is 45.6. The molecule has 8 nitrogen and oxygen atoms in total. The van der Waals surface area contributed by atoms with Crippen LogP contribution in [0.5, 0.6) is 0 Å². The minimum atomic E-state index is -0.326. The van der Waals surface area contributed by atoms with Gasteiger partial charge in [-0.15, -0.1) is 0 Å². The van der Waals surface area contributed by atoms with E-state index < -0.39 is 0 Å². The minimum absolute atomic E-state index is 0.0543. The molecule has 0 saturated carbocycles. The van der Waals surface area contributed by atoms with Crippen LogP contribution in [0, 0.1) is 5.92 Å². The molecular formula is C25H26Cl2N4O4. The van der Waals surface area contributed by atoms with Crippen molar-refractivity contribution in [1.82, 2.24) is 15.3 Å². The third-order valence-electron chi connectivity index (χ3n) is 5.87. The largest absolute Gasteiger partial charge is 0.461 e. The predicted octanol–water partition coefficient (Wildman–Crippen LogP) is 4.31. The number of carbonyl (C=O) groups is 2. The number of amides is 1. The lowest BCUT2D eigenvalue weighted by molar-refractivity contribution is -0.145. The van der Waals surface area contributed by atoms with Gasteiger partial charge in [-0.3, -0.25) is 14.4 Å². The van der Waals surface area contributed by atoms with E-state index in [2.05, 4.69) is 15.3 Å². The number of hydrogen-bond acceptors (Lipinski definition) is 6. The molecule has 0 radical (unpaired) electrons. The maximum Gasteiger partial charge on any atom is 0.302 e. The van der Waals surface area contributed by atoms with E-state index in [9.17, 15) is 14.4 Å². The Morgan fingerprint density at radius 2 is 2.00 bits per heavy atom. The van der Waals surface area contributed by atoms with Crippen LogP contribution in [0.1, 0.15) is 32.8 Å². The van der Waals surface area contributed by atoms with Crippen molar-refractivity contribution in [1.29, 1.82) is 0 Å². The van der Waals surface area contributed by atoms with Gasteiger partial charge in [-0.25, -0.2) is 4.98 Å². The Bertz CT molecular complexity index is 1360. The molecule has 0 aliphatic carbocycles. The zero-order valence-electron chi connectivity index (χ0n) is 19.7. The van der Waals surface area contributed by atoms with Gasteiger partial charge in [-0.1, -0.05) is 43.1 Å². The molecule has 3 aromatic rings. The lowest BCUT2D eigenvalue weighted by Gasteiger charge is -2.20. The van der Waals surface area contributed by atoms with E-state index in [4.69, 9.17) is 27.9 Å². The maximum absolute atomic E-state index is 13.0. The molecule has 1 fully saturated rings. The van der Waals surface area contributed by atoms with E-state index in [1.807, 2.05) is 24.8 Å². The molecule has 1 saturated heterocycles. The first-order valence-electron chi connectivity index (χ1n) is 11.3. The predicted molar refractivity (Wildman–Crippen MR) is 137 cm³/mol. The van der Waals surface area contributed by atoms with Gasteiger partial charge < -0.3 is 19.9 Å². The second-order valence-corrected chi connectivity index (χ2v) is 9.70. The minimum Gasteiger partial charge on any atom is -0.461 e. The van der Waals surface area contributed by atoms with E-state index in [0.717, 1.165) is 5.56 Å². The molecule has 1 aliphatic heterocycles. The number of esters is 1. The van der Waals surface area contributed by atoms with Crippen LogP contribution in [0.2, 0.25) is 10.0 Å². The van der Waals surface area contributed by atoms with Crippen molar-refractivity contribution < 1.29 is 14.3 Å². The van der Waals surface area contributed by atoms with Crippen LogP contribution in [0.25, 0.3) is 22.3 Å². The van der Waals surface area contributed by atoms with E-state index >= 15 is 0 Å². The first kappa shape index (κ1) is 25.0. The maximum atomic E-state index is 13.0. The third-order valence-corrected chi connectivity index (χ3v) is 6.50. The van der Waals surface area contributed by atoms with Gasteiger partial charge in [0.2, 0.25) is 5.91 Å². The molecule has 184 valence electrons. The van der Waals surface area contributed by atoms with Crippen molar-refractivity contribution in [3.63, 3.8) is 0 Å². The van der Waals surface area contributed by atoms with Gasteiger partial charge in [0.25, 0.3) is 5.56 Å². The SMILES string of the molecule is CC(=O)O[C@H]1CCN(c2cc3c(=O)[nH]c(-c4cc(CNC(=O)C(C)C)ccc4Cl)nc3cc2Cl)C1. The quantitative estimate of drug-likeness (QED) is 0.473. The Hall–Kier alpha value is -3.10. The van der Waals surface area contributed by atoms with Gasteiger partial charge in [0.1, 0.15) is 11.9 Å². The molecule has 2 N–H and O–H groups in total. The van der Waals surface area contributed by atoms with Crippen molar-refractivity contribution in [2.75, 3.05) is 18.0 Å². The molecule has 0 bridgehead atoms. The molecule has 1 aromatic heterocycles. The first-order valence-corrected chi connectivity index (χ1v) is 12.1. The summed E-state index contributed by atoms with van der Waals surface area (Å²) >= 11 is 13.0. The van der Waals surface area contributed by atoms with Gasteiger partial charge in [0.05, 0.1) is 33.2 Å². The lowest BCUT2D eigenvalue weighted by atomic mass is 10.1. The highest BCUT2D eigenvalue weighted by atomic mass is 35.5. The second kappa shape index (κ2) is 10.3. The van der Waals surface area contributed by atoms with E-state index in [1.54, 1.807) is 24.3 Å². The number of aromatic nitrogens is 2. The summed E-state index contributed by atoms with van der Waals surface area (Å²) in [5.41, 5.74) is 2.17. The van der Waals surface area contributed by atoms with Crippen molar-refractivity contribution in [3.8, 4) is 11.4 Å².